The molecule has 3 saturated carbocycles. The average molecular weight is 206 g/mol. The lowest BCUT2D eigenvalue weighted by Gasteiger charge is -2.42. The summed E-state index contributed by atoms with van der Waals surface area (Å²) in [6.07, 6.45) is 7.68. The zero-order valence-corrected chi connectivity index (χ0v) is 9.08. The molecule has 0 saturated heterocycles. The van der Waals surface area contributed by atoms with Gasteiger partial charge in [0.15, 0.2) is 11.6 Å². The zero-order chi connectivity index (χ0) is 10.4. The molecule has 0 spiro atoms. The minimum atomic E-state index is -0.0901. The van der Waals surface area contributed by atoms with Crippen LogP contribution < -0.4 is 0 Å². The van der Waals surface area contributed by atoms with Crippen LogP contribution in [0.15, 0.2) is 0 Å². The van der Waals surface area contributed by atoms with Gasteiger partial charge in [0.1, 0.15) is 0 Å². The molecule has 3 rings (SSSR count). The van der Waals surface area contributed by atoms with E-state index in [1.165, 1.54) is 32.1 Å². The Morgan fingerprint density at radius 2 is 1.47 bits per heavy atom. The van der Waals surface area contributed by atoms with Crippen molar-refractivity contribution in [1.29, 1.82) is 0 Å². The maximum Gasteiger partial charge on any atom is 0.198 e. The van der Waals surface area contributed by atoms with E-state index in [4.69, 9.17) is 0 Å². The highest BCUT2D eigenvalue weighted by molar-refractivity contribution is 6.37. The van der Waals surface area contributed by atoms with E-state index in [9.17, 15) is 9.59 Å². The molecule has 0 bridgehead atoms. The fourth-order valence-electron chi connectivity index (χ4n) is 4.23. The minimum absolute atomic E-state index is 0.0798. The number of carbonyl (C=O) groups excluding carboxylic acids is 2. The van der Waals surface area contributed by atoms with Crippen molar-refractivity contribution in [2.75, 3.05) is 0 Å². The van der Waals surface area contributed by atoms with Gasteiger partial charge in [0.05, 0.1) is 0 Å². The molecule has 0 heterocycles. The fourth-order valence-corrected chi connectivity index (χ4v) is 4.23. The van der Waals surface area contributed by atoms with Gasteiger partial charge in [-0.3, -0.25) is 9.59 Å². The summed E-state index contributed by atoms with van der Waals surface area (Å²) in [5.74, 6) is 2.61. The molecular weight excluding hydrogens is 188 g/mol. The predicted octanol–water partition coefficient (Wildman–Crippen LogP) is 2.36. The van der Waals surface area contributed by atoms with Crippen molar-refractivity contribution >= 4 is 11.6 Å². The monoisotopic (exact) mass is 206 g/mol. The van der Waals surface area contributed by atoms with Crippen LogP contribution in [0.3, 0.4) is 0 Å². The molecule has 0 aromatic heterocycles. The van der Waals surface area contributed by atoms with Crippen molar-refractivity contribution in [3.05, 3.63) is 0 Å². The van der Waals surface area contributed by atoms with Crippen LogP contribution >= 0.6 is 0 Å². The van der Waals surface area contributed by atoms with Crippen molar-refractivity contribution in [2.45, 2.75) is 44.9 Å². The van der Waals surface area contributed by atoms with E-state index in [0.717, 1.165) is 11.8 Å². The van der Waals surface area contributed by atoms with Crippen LogP contribution in [0.4, 0.5) is 0 Å². The topological polar surface area (TPSA) is 34.1 Å². The van der Waals surface area contributed by atoms with Crippen LogP contribution in [0.1, 0.15) is 44.9 Å². The number of carbonyl (C=O) groups is 2. The van der Waals surface area contributed by atoms with E-state index >= 15 is 0 Å². The summed E-state index contributed by atoms with van der Waals surface area (Å²) >= 11 is 0. The summed E-state index contributed by atoms with van der Waals surface area (Å²) in [6.45, 7) is 0. The first-order chi connectivity index (χ1) is 7.25. The van der Waals surface area contributed by atoms with E-state index < -0.39 is 0 Å². The molecular formula is C13H18O2. The number of rotatable bonds is 0. The minimum Gasteiger partial charge on any atom is -0.291 e. The first-order valence-electron chi connectivity index (χ1n) is 6.31. The van der Waals surface area contributed by atoms with Gasteiger partial charge in [-0.15, -0.1) is 0 Å². The Kier molecular flexibility index (Phi) is 2.18. The van der Waals surface area contributed by atoms with Crippen molar-refractivity contribution in [1.82, 2.24) is 0 Å². The number of hydrogen-bond acceptors (Lipinski definition) is 2. The van der Waals surface area contributed by atoms with Gasteiger partial charge in [-0.05, 0) is 42.9 Å². The third-order valence-corrected chi connectivity index (χ3v) is 4.96. The molecule has 0 aromatic rings. The van der Waals surface area contributed by atoms with E-state index in [1.807, 2.05) is 0 Å². The highest BCUT2D eigenvalue weighted by Crippen LogP contribution is 2.51. The molecule has 0 aliphatic heterocycles. The first-order valence-corrected chi connectivity index (χ1v) is 6.31. The Bertz CT molecular complexity index is 308. The van der Waals surface area contributed by atoms with E-state index in [2.05, 4.69) is 0 Å². The standard InChI is InChI=1S/C13H18O2/c14-12-6-9-5-4-8-2-1-3-10(8)11(9)7-13(12)15/h8-11H,1-7H2. The summed E-state index contributed by atoms with van der Waals surface area (Å²) in [7, 11) is 0. The number of fused-ring (bicyclic) bond motifs is 3. The van der Waals surface area contributed by atoms with Gasteiger partial charge < -0.3 is 0 Å². The highest BCUT2D eigenvalue weighted by atomic mass is 16.2. The summed E-state index contributed by atoms with van der Waals surface area (Å²) in [4.78, 5) is 22.9. The summed E-state index contributed by atoms with van der Waals surface area (Å²) < 4.78 is 0. The lowest BCUT2D eigenvalue weighted by Crippen LogP contribution is -2.40. The lowest BCUT2D eigenvalue weighted by atomic mass is 9.62. The zero-order valence-electron chi connectivity index (χ0n) is 9.08. The average Bonchev–Trinajstić information content (AvgIpc) is 2.68. The molecule has 4 unspecified atom stereocenters. The lowest BCUT2D eigenvalue weighted by molar-refractivity contribution is -0.142. The van der Waals surface area contributed by atoms with E-state index in [0.29, 0.717) is 24.7 Å². The third kappa shape index (κ3) is 1.45. The number of Topliss-reactive ketones (excluding diaryl/α,β-unsaturated/α-hetero) is 2. The molecule has 4 atom stereocenters. The second-order valence-corrected chi connectivity index (χ2v) is 5.61. The van der Waals surface area contributed by atoms with Crippen LogP contribution in [-0.2, 0) is 9.59 Å². The number of ketones is 2. The molecule has 3 aliphatic rings. The van der Waals surface area contributed by atoms with Crippen LogP contribution in [0, 0.1) is 23.7 Å². The SMILES string of the molecule is O=C1CC2CCC3CCCC3C2CC1=O. The molecule has 3 aliphatic carbocycles. The van der Waals surface area contributed by atoms with Gasteiger partial charge >= 0.3 is 0 Å². The van der Waals surface area contributed by atoms with Crippen LogP contribution in [0.5, 0.6) is 0 Å². The summed E-state index contributed by atoms with van der Waals surface area (Å²) in [5, 5.41) is 0. The van der Waals surface area contributed by atoms with Crippen molar-refractivity contribution < 1.29 is 9.59 Å². The van der Waals surface area contributed by atoms with Crippen molar-refractivity contribution in [3.8, 4) is 0 Å². The van der Waals surface area contributed by atoms with Gasteiger partial charge in [0.2, 0.25) is 0 Å². The normalized spacial score (nSPS) is 45.1. The molecule has 2 heteroatoms. The van der Waals surface area contributed by atoms with Gasteiger partial charge in [-0.25, -0.2) is 0 Å². The molecule has 82 valence electrons. The van der Waals surface area contributed by atoms with Gasteiger partial charge in [0, 0.05) is 12.8 Å². The Morgan fingerprint density at radius 3 is 2.33 bits per heavy atom. The summed E-state index contributed by atoms with van der Waals surface area (Å²) in [5.41, 5.74) is 0. The third-order valence-electron chi connectivity index (χ3n) is 4.96. The van der Waals surface area contributed by atoms with Crippen LogP contribution in [0.25, 0.3) is 0 Å². The second kappa shape index (κ2) is 3.43. The van der Waals surface area contributed by atoms with Crippen LogP contribution in [-0.4, -0.2) is 11.6 Å². The largest absolute Gasteiger partial charge is 0.291 e. The van der Waals surface area contributed by atoms with Gasteiger partial charge in [-0.1, -0.05) is 12.8 Å². The number of hydrogen-bond donors (Lipinski definition) is 0. The smallest absolute Gasteiger partial charge is 0.198 e. The molecule has 3 fully saturated rings. The molecule has 0 radical (unpaired) electrons. The van der Waals surface area contributed by atoms with Crippen molar-refractivity contribution in [3.63, 3.8) is 0 Å². The molecule has 2 nitrogen and oxygen atoms in total. The van der Waals surface area contributed by atoms with Gasteiger partial charge in [-0.2, -0.15) is 0 Å². The van der Waals surface area contributed by atoms with Crippen LogP contribution in [0.2, 0.25) is 0 Å². The van der Waals surface area contributed by atoms with Crippen molar-refractivity contribution in [2.24, 2.45) is 23.7 Å². The highest BCUT2D eigenvalue weighted by Gasteiger charge is 2.46. The Balaban J connectivity index is 1.82. The Hall–Kier alpha value is -0.660. The first kappa shape index (κ1) is 9.56. The Labute approximate surface area is 90.4 Å². The quantitative estimate of drug-likeness (QED) is 0.570. The molecule has 0 amide bonds. The van der Waals surface area contributed by atoms with Gasteiger partial charge in [0.25, 0.3) is 0 Å². The molecule has 0 N–H and O–H groups in total. The maximum atomic E-state index is 11.5. The second-order valence-electron chi connectivity index (χ2n) is 5.61. The predicted molar refractivity (Wildman–Crippen MR) is 56.3 cm³/mol. The Morgan fingerprint density at radius 1 is 0.733 bits per heavy atom. The van der Waals surface area contributed by atoms with E-state index in [1.54, 1.807) is 0 Å². The maximum absolute atomic E-state index is 11.5. The molecule has 0 aromatic carbocycles. The summed E-state index contributed by atoms with van der Waals surface area (Å²) in [6, 6.07) is 0. The molecule has 15 heavy (non-hydrogen) atoms. The van der Waals surface area contributed by atoms with E-state index in [-0.39, 0.29) is 11.6 Å². The fraction of sp³-hybridized carbons (Fsp3) is 0.846.